The van der Waals surface area contributed by atoms with Crippen LogP contribution in [0.2, 0.25) is 0 Å². The van der Waals surface area contributed by atoms with Gasteiger partial charge in [-0.1, -0.05) is 0 Å². The number of nitrogen functional groups attached to an aromatic ring is 1. The van der Waals surface area contributed by atoms with Crippen LogP contribution in [0.5, 0.6) is 0 Å². The van der Waals surface area contributed by atoms with E-state index in [4.69, 9.17) is 10.5 Å². The Morgan fingerprint density at radius 3 is 2.75 bits per heavy atom. The number of hydrogen-bond donors (Lipinski definition) is 2. The van der Waals surface area contributed by atoms with Gasteiger partial charge in [0.25, 0.3) is 0 Å². The fourth-order valence-corrected chi connectivity index (χ4v) is 2.88. The molecular formula is C13H19FN2O3S. The Bertz CT molecular complexity index is 538. The molecule has 0 bridgehead atoms. The first kappa shape index (κ1) is 15.2. The highest BCUT2D eigenvalue weighted by Crippen LogP contribution is 2.28. The minimum absolute atomic E-state index is 0.0816. The number of hydrogen-bond acceptors (Lipinski definition) is 4. The summed E-state index contributed by atoms with van der Waals surface area (Å²) in [5.74, 6) is 0.0279. The third kappa shape index (κ3) is 4.73. The van der Waals surface area contributed by atoms with Crippen molar-refractivity contribution in [3.05, 3.63) is 24.0 Å². The summed E-state index contributed by atoms with van der Waals surface area (Å²) < 4.78 is 44.8. The molecule has 0 aliphatic heterocycles. The van der Waals surface area contributed by atoms with Crippen LogP contribution in [-0.4, -0.2) is 28.2 Å². The maximum absolute atomic E-state index is 13.1. The maximum Gasteiger partial charge on any atom is 0.240 e. The van der Waals surface area contributed by atoms with Crippen LogP contribution in [0.25, 0.3) is 0 Å². The molecule has 1 aliphatic carbocycles. The topological polar surface area (TPSA) is 81.4 Å². The minimum Gasteiger partial charge on any atom is -0.399 e. The maximum atomic E-state index is 13.1. The molecule has 0 unspecified atom stereocenters. The van der Waals surface area contributed by atoms with Gasteiger partial charge in [0.05, 0.1) is 4.90 Å². The number of rotatable bonds is 8. The van der Waals surface area contributed by atoms with Crippen LogP contribution < -0.4 is 10.5 Å². The van der Waals surface area contributed by atoms with Gasteiger partial charge in [0.15, 0.2) is 0 Å². The van der Waals surface area contributed by atoms with Crippen molar-refractivity contribution in [1.29, 1.82) is 0 Å². The molecule has 1 aromatic rings. The van der Waals surface area contributed by atoms with Gasteiger partial charge in [0.1, 0.15) is 5.82 Å². The number of halogens is 1. The predicted octanol–water partition coefficient (Wildman–Crippen LogP) is 1.50. The highest BCUT2D eigenvalue weighted by atomic mass is 32.2. The smallest absolute Gasteiger partial charge is 0.240 e. The number of ether oxygens (including phenoxy) is 1. The molecule has 0 radical (unpaired) electrons. The summed E-state index contributed by atoms with van der Waals surface area (Å²) in [4.78, 5) is -0.158. The van der Waals surface area contributed by atoms with Gasteiger partial charge in [0, 0.05) is 25.4 Å². The highest BCUT2D eigenvalue weighted by molar-refractivity contribution is 7.89. The molecule has 1 fully saturated rings. The number of anilines is 1. The van der Waals surface area contributed by atoms with E-state index in [-0.39, 0.29) is 17.1 Å². The van der Waals surface area contributed by atoms with Crippen LogP contribution in [0, 0.1) is 11.7 Å². The third-order valence-electron chi connectivity index (χ3n) is 3.01. The van der Waals surface area contributed by atoms with Crippen molar-refractivity contribution >= 4 is 15.7 Å². The Hall–Kier alpha value is -1.18. The normalized spacial score (nSPS) is 15.4. The molecule has 112 valence electrons. The lowest BCUT2D eigenvalue weighted by Gasteiger charge is -2.08. The Balaban J connectivity index is 1.77. The van der Waals surface area contributed by atoms with E-state index in [0.29, 0.717) is 18.9 Å². The lowest BCUT2D eigenvalue weighted by Crippen LogP contribution is -2.26. The molecule has 0 saturated heterocycles. The van der Waals surface area contributed by atoms with E-state index in [1.165, 1.54) is 18.9 Å². The molecule has 0 aromatic heterocycles. The molecule has 20 heavy (non-hydrogen) atoms. The van der Waals surface area contributed by atoms with Gasteiger partial charge < -0.3 is 10.5 Å². The molecule has 0 atom stereocenters. The zero-order chi connectivity index (χ0) is 14.6. The first-order valence-corrected chi connectivity index (χ1v) is 8.09. The van der Waals surface area contributed by atoms with E-state index in [1.54, 1.807) is 0 Å². The van der Waals surface area contributed by atoms with E-state index in [9.17, 15) is 12.8 Å². The van der Waals surface area contributed by atoms with Crippen molar-refractivity contribution in [3.63, 3.8) is 0 Å². The fraction of sp³-hybridized carbons (Fsp3) is 0.538. The zero-order valence-corrected chi connectivity index (χ0v) is 12.0. The third-order valence-corrected chi connectivity index (χ3v) is 4.45. The average Bonchev–Trinajstić information content (AvgIpc) is 3.16. The van der Waals surface area contributed by atoms with Crippen LogP contribution in [0.3, 0.4) is 0 Å². The molecule has 0 spiro atoms. The van der Waals surface area contributed by atoms with Crippen LogP contribution in [-0.2, 0) is 14.8 Å². The van der Waals surface area contributed by atoms with Crippen molar-refractivity contribution in [2.24, 2.45) is 5.92 Å². The van der Waals surface area contributed by atoms with Crippen LogP contribution in [0.1, 0.15) is 19.3 Å². The van der Waals surface area contributed by atoms with Crippen LogP contribution in [0.4, 0.5) is 10.1 Å². The molecule has 0 amide bonds. The van der Waals surface area contributed by atoms with E-state index < -0.39 is 15.8 Å². The molecule has 3 N–H and O–H groups in total. The molecule has 7 heteroatoms. The Labute approximate surface area is 118 Å². The van der Waals surface area contributed by atoms with Gasteiger partial charge in [-0.25, -0.2) is 17.5 Å². The van der Waals surface area contributed by atoms with Crippen molar-refractivity contribution in [2.75, 3.05) is 25.5 Å². The van der Waals surface area contributed by atoms with E-state index >= 15 is 0 Å². The lowest BCUT2D eigenvalue weighted by molar-refractivity contribution is 0.123. The number of nitrogens with one attached hydrogen (secondary N) is 1. The van der Waals surface area contributed by atoms with E-state index in [1.807, 2.05) is 0 Å². The second kappa shape index (κ2) is 6.51. The first-order valence-electron chi connectivity index (χ1n) is 6.61. The SMILES string of the molecule is Nc1cc(F)cc(S(=O)(=O)NCCCOCC2CC2)c1. The first-order chi connectivity index (χ1) is 9.47. The van der Waals surface area contributed by atoms with Crippen LogP contribution in [0.15, 0.2) is 23.1 Å². The fourth-order valence-electron chi connectivity index (χ4n) is 1.74. The Morgan fingerprint density at radius 2 is 2.10 bits per heavy atom. The van der Waals surface area contributed by atoms with Crippen molar-refractivity contribution in [1.82, 2.24) is 4.72 Å². The lowest BCUT2D eigenvalue weighted by atomic mass is 10.3. The van der Waals surface area contributed by atoms with Crippen molar-refractivity contribution in [3.8, 4) is 0 Å². The van der Waals surface area contributed by atoms with Gasteiger partial charge in [-0.15, -0.1) is 0 Å². The summed E-state index contributed by atoms with van der Waals surface area (Å²) in [6.07, 6.45) is 3.04. The Morgan fingerprint density at radius 1 is 1.35 bits per heavy atom. The predicted molar refractivity (Wildman–Crippen MR) is 74.2 cm³/mol. The monoisotopic (exact) mass is 302 g/mol. The molecule has 5 nitrogen and oxygen atoms in total. The summed E-state index contributed by atoms with van der Waals surface area (Å²) >= 11 is 0. The standard InChI is InChI=1S/C13H19FN2O3S/c14-11-6-12(15)8-13(7-11)20(17,18)16-4-1-5-19-9-10-2-3-10/h6-8,10,16H,1-5,9,15H2. The molecule has 2 rings (SSSR count). The summed E-state index contributed by atoms with van der Waals surface area (Å²) in [6.45, 7) is 1.53. The van der Waals surface area contributed by atoms with Gasteiger partial charge in [0.2, 0.25) is 10.0 Å². The quantitative estimate of drug-likeness (QED) is 0.563. The van der Waals surface area contributed by atoms with Gasteiger partial charge in [-0.2, -0.15) is 0 Å². The molecule has 1 aromatic carbocycles. The van der Waals surface area contributed by atoms with Gasteiger partial charge >= 0.3 is 0 Å². The summed E-state index contributed by atoms with van der Waals surface area (Å²) in [6, 6.07) is 3.25. The largest absolute Gasteiger partial charge is 0.399 e. The average molecular weight is 302 g/mol. The van der Waals surface area contributed by atoms with E-state index in [2.05, 4.69) is 4.72 Å². The van der Waals surface area contributed by atoms with E-state index in [0.717, 1.165) is 18.7 Å². The summed E-state index contributed by atoms with van der Waals surface area (Å²) in [5.41, 5.74) is 5.51. The number of sulfonamides is 1. The Kier molecular flexibility index (Phi) is 4.95. The summed E-state index contributed by atoms with van der Waals surface area (Å²) in [7, 11) is -3.72. The van der Waals surface area contributed by atoms with Crippen molar-refractivity contribution < 1.29 is 17.5 Å². The number of nitrogens with two attached hydrogens (primary N) is 1. The van der Waals surface area contributed by atoms with Crippen LogP contribution >= 0.6 is 0 Å². The van der Waals surface area contributed by atoms with Crippen molar-refractivity contribution in [2.45, 2.75) is 24.2 Å². The molecule has 0 heterocycles. The second-order valence-corrected chi connectivity index (χ2v) is 6.76. The highest BCUT2D eigenvalue weighted by Gasteiger charge is 2.21. The van der Waals surface area contributed by atoms with Gasteiger partial charge in [-0.3, -0.25) is 0 Å². The molecule has 1 saturated carbocycles. The minimum atomic E-state index is -3.72. The summed E-state index contributed by atoms with van der Waals surface area (Å²) in [5, 5.41) is 0. The zero-order valence-electron chi connectivity index (χ0n) is 11.1. The molecular weight excluding hydrogens is 283 g/mol. The molecule has 1 aliphatic rings. The van der Waals surface area contributed by atoms with Gasteiger partial charge in [-0.05, 0) is 43.4 Å². The number of benzene rings is 1. The second-order valence-electron chi connectivity index (χ2n) is 4.99.